The summed E-state index contributed by atoms with van der Waals surface area (Å²) < 4.78 is 32.0. The Morgan fingerprint density at radius 2 is 2.19 bits per heavy atom. The van der Waals surface area contributed by atoms with Crippen molar-refractivity contribution in [2.24, 2.45) is 12.8 Å². The first-order chi connectivity index (χ1) is 7.32. The van der Waals surface area contributed by atoms with E-state index in [9.17, 15) is 13.6 Å². The Hall–Kier alpha value is -1.43. The molecule has 1 aliphatic rings. The van der Waals surface area contributed by atoms with Crippen LogP contribution < -0.4 is 5.73 Å². The number of rotatable bonds is 2. The Bertz CT molecular complexity index is 456. The Morgan fingerprint density at radius 1 is 1.62 bits per heavy atom. The Morgan fingerprint density at radius 3 is 2.62 bits per heavy atom. The van der Waals surface area contributed by atoms with Crippen molar-refractivity contribution in [3.05, 3.63) is 23.5 Å². The molecule has 1 aromatic rings. The Kier molecular flexibility index (Phi) is 2.10. The molecule has 0 aromatic carbocycles. The number of aryl methyl sites for hydroxylation is 1. The quantitative estimate of drug-likeness (QED) is 0.771. The van der Waals surface area contributed by atoms with E-state index in [-0.39, 0.29) is 17.7 Å². The topological polar surface area (TPSA) is 57.2 Å². The van der Waals surface area contributed by atoms with Gasteiger partial charge in [0.25, 0.3) is 5.92 Å². The number of ether oxygens (including phenoxy) is 1. The summed E-state index contributed by atoms with van der Waals surface area (Å²) in [4.78, 5) is 11.3. The summed E-state index contributed by atoms with van der Waals surface area (Å²) in [5.41, 5.74) is 4.40. The van der Waals surface area contributed by atoms with Crippen LogP contribution in [0, 0.1) is 0 Å². The second-order valence-electron chi connectivity index (χ2n) is 4.07. The van der Waals surface area contributed by atoms with Crippen molar-refractivity contribution in [3.8, 4) is 0 Å². The van der Waals surface area contributed by atoms with Crippen molar-refractivity contribution in [3.63, 3.8) is 0 Å². The number of methoxy groups -OCH3 is 1. The lowest BCUT2D eigenvalue weighted by Gasteiger charge is -2.06. The first-order valence-electron chi connectivity index (χ1n) is 4.74. The average Bonchev–Trinajstić information content (AvgIpc) is 2.59. The van der Waals surface area contributed by atoms with Crippen molar-refractivity contribution in [1.29, 1.82) is 0 Å². The molecule has 0 amide bonds. The van der Waals surface area contributed by atoms with Crippen LogP contribution in [-0.4, -0.2) is 23.6 Å². The maximum absolute atomic E-state index is 13.0. The Labute approximate surface area is 91.0 Å². The summed E-state index contributed by atoms with van der Waals surface area (Å²) in [5, 5.41) is 0. The van der Waals surface area contributed by atoms with E-state index in [1.54, 1.807) is 7.05 Å². The normalized spacial score (nSPS) is 26.6. The molecule has 1 unspecified atom stereocenters. The molecule has 0 radical (unpaired) electrons. The maximum atomic E-state index is 13.0. The number of nitrogens with two attached hydrogens (primary N) is 1. The van der Waals surface area contributed by atoms with Gasteiger partial charge < -0.3 is 15.0 Å². The van der Waals surface area contributed by atoms with E-state index in [1.807, 2.05) is 0 Å². The SMILES string of the molecule is COC(=O)c1cc(C2(N)CC2(F)F)cn1C. The summed E-state index contributed by atoms with van der Waals surface area (Å²) in [6.45, 7) is 0. The van der Waals surface area contributed by atoms with E-state index in [1.165, 1.54) is 23.9 Å². The van der Waals surface area contributed by atoms with Gasteiger partial charge in [-0.2, -0.15) is 0 Å². The Balaban J connectivity index is 2.36. The lowest BCUT2D eigenvalue weighted by molar-refractivity contribution is 0.0589. The first-order valence-corrected chi connectivity index (χ1v) is 4.74. The van der Waals surface area contributed by atoms with Crippen LogP contribution in [0.3, 0.4) is 0 Å². The highest BCUT2D eigenvalue weighted by Gasteiger charge is 2.70. The zero-order valence-electron chi connectivity index (χ0n) is 8.96. The van der Waals surface area contributed by atoms with Crippen LogP contribution in [0.2, 0.25) is 0 Å². The number of carbonyl (C=O) groups is 1. The van der Waals surface area contributed by atoms with Crippen LogP contribution in [-0.2, 0) is 17.3 Å². The zero-order chi connectivity index (χ0) is 12.1. The van der Waals surface area contributed by atoms with Crippen LogP contribution in [0.5, 0.6) is 0 Å². The van der Waals surface area contributed by atoms with E-state index in [4.69, 9.17) is 5.73 Å². The van der Waals surface area contributed by atoms with Gasteiger partial charge in [0.05, 0.1) is 7.11 Å². The molecule has 0 aliphatic heterocycles. The van der Waals surface area contributed by atoms with E-state index >= 15 is 0 Å². The van der Waals surface area contributed by atoms with E-state index in [0.29, 0.717) is 0 Å². The lowest BCUT2D eigenvalue weighted by atomic mass is 10.1. The summed E-state index contributed by atoms with van der Waals surface area (Å²) in [6.07, 6.45) is 1.05. The molecule has 2 N–H and O–H groups in total. The summed E-state index contributed by atoms with van der Waals surface area (Å²) >= 11 is 0. The molecular formula is C10H12F2N2O2. The second kappa shape index (κ2) is 3.04. The molecule has 1 saturated carbocycles. The fourth-order valence-corrected chi connectivity index (χ4v) is 1.74. The fourth-order valence-electron chi connectivity index (χ4n) is 1.74. The molecule has 16 heavy (non-hydrogen) atoms. The molecule has 6 heteroatoms. The molecule has 1 heterocycles. The number of carbonyl (C=O) groups excluding carboxylic acids is 1. The molecule has 0 spiro atoms. The predicted molar refractivity (Wildman–Crippen MR) is 52.2 cm³/mol. The highest BCUT2D eigenvalue weighted by Crippen LogP contribution is 2.57. The molecule has 88 valence electrons. The van der Waals surface area contributed by atoms with E-state index in [2.05, 4.69) is 4.74 Å². The van der Waals surface area contributed by atoms with Gasteiger partial charge in [0.2, 0.25) is 0 Å². The third-order valence-corrected chi connectivity index (χ3v) is 2.94. The van der Waals surface area contributed by atoms with Crippen LogP contribution in [0.25, 0.3) is 0 Å². The third-order valence-electron chi connectivity index (χ3n) is 2.94. The van der Waals surface area contributed by atoms with Crippen LogP contribution >= 0.6 is 0 Å². The minimum Gasteiger partial charge on any atom is -0.464 e. The van der Waals surface area contributed by atoms with Crippen molar-refractivity contribution >= 4 is 5.97 Å². The van der Waals surface area contributed by atoms with Gasteiger partial charge in [-0.15, -0.1) is 0 Å². The van der Waals surface area contributed by atoms with Gasteiger partial charge in [-0.05, 0) is 11.6 Å². The average molecular weight is 230 g/mol. The van der Waals surface area contributed by atoms with Gasteiger partial charge in [-0.1, -0.05) is 0 Å². The molecule has 1 aliphatic carbocycles. The summed E-state index contributed by atoms with van der Waals surface area (Å²) in [7, 11) is 2.82. The van der Waals surface area contributed by atoms with E-state index < -0.39 is 17.4 Å². The van der Waals surface area contributed by atoms with Gasteiger partial charge in [-0.25, -0.2) is 13.6 Å². The standard InChI is InChI=1S/C10H12F2N2O2/c1-14-4-6(3-7(14)8(15)16-2)9(13)5-10(9,11)12/h3-4H,5,13H2,1-2H3. The van der Waals surface area contributed by atoms with Gasteiger partial charge in [0.1, 0.15) is 11.2 Å². The highest BCUT2D eigenvalue weighted by atomic mass is 19.3. The first kappa shape index (κ1) is 11.1. The number of hydrogen-bond acceptors (Lipinski definition) is 3. The van der Waals surface area contributed by atoms with E-state index in [0.717, 1.165) is 0 Å². The van der Waals surface area contributed by atoms with Gasteiger partial charge in [0.15, 0.2) is 0 Å². The third kappa shape index (κ3) is 1.33. The molecule has 4 nitrogen and oxygen atoms in total. The minimum atomic E-state index is -2.89. The van der Waals surface area contributed by atoms with Crippen LogP contribution in [0.1, 0.15) is 22.5 Å². The van der Waals surface area contributed by atoms with Crippen molar-refractivity contribution in [1.82, 2.24) is 4.57 Å². The minimum absolute atomic E-state index is 0.213. The maximum Gasteiger partial charge on any atom is 0.354 e. The highest BCUT2D eigenvalue weighted by molar-refractivity contribution is 5.88. The molecular weight excluding hydrogens is 218 g/mol. The number of hydrogen-bond donors (Lipinski definition) is 1. The molecule has 1 atom stereocenters. The number of alkyl halides is 2. The number of nitrogens with zero attached hydrogens (tertiary/aromatic N) is 1. The zero-order valence-corrected chi connectivity index (χ0v) is 8.96. The van der Waals surface area contributed by atoms with Crippen molar-refractivity contribution in [2.75, 3.05) is 7.11 Å². The molecule has 0 saturated heterocycles. The van der Waals surface area contributed by atoms with Gasteiger partial charge in [0, 0.05) is 19.7 Å². The fraction of sp³-hybridized carbons (Fsp3) is 0.500. The van der Waals surface area contributed by atoms with Crippen molar-refractivity contribution < 1.29 is 18.3 Å². The van der Waals surface area contributed by atoms with Gasteiger partial charge >= 0.3 is 5.97 Å². The monoisotopic (exact) mass is 230 g/mol. The van der Waals surface area contributed by atoms with Gasteiger partial charge in [-0.3, -0.25) is 0 Å². The van der Waals surface area contributed by atoms with Crippen molar-refractivity contribution in [2.45, 2.75) is 17.9 Å². The molecule has 1 fully saturated rings. The lowest BCUT2D eigenvalue weighted by Crippen LogP contribution is -2.26. The number of aromatic nitrogens is 1. The molecule has 1 aromatic heterocycles. The largest absolute Gasteiger partial charge is 0.464 e. The summed E-state index contributed by atoms with van der Waals surface area (Å²) in [6, 6.07) is 1.35. The number of halogens is 2. The molecule has 2 rings (SSSR count). The summed E-state index contributed by atoms with van der Waals surface area (Å²) in [5.74, 6) is -3.46. The smallest absolute Gasteiger partial charge is 0.354 e. The molecule has 0 bridgehead atoms. The second-order valence-corrected chi connectivity index (χ2v) is 4.07. The number of esters is 1. The predicted octanol–water partition coefficient (Wildman–Crippen LogP) is 1.00. The van der Waals surface area contributed by atoms with Crippen LogP contribution in [0.4, 0.5) is 8.78 Å². The van der Waals surface area contributed by atoms with Crippen LogP contribution in [0.15, 0.2) is 12.3 Å².